The Morgan fingerprint density at radius 2 is 2.04 bits per heavy atom. The first-order chi connectivity index (χ1) is 11.1. The van der Waals surface area contributed by atoms with E-state index < -0.39 is 5.97 Å². The Morgan fingerprint density at radius 1 is 1.30 bits per heavy atom. The van der Waals surface area contributed by atoms with Crippen LogP contribution in [0.1, 0.15) is 49.0 Å². The van der Waals surface area contributed by atoms with Crippen molar-refractivity contribution >= 4 is 28.2 Å². The second kappa shape index (κ2) is 4.94. The van der Waals surface area contributed by atoms with E-state index in [0.717, 1.165) is 25.7 Å². The fraction of sp³-hybridized carbons (Fsp3) is 0.467. The lowest BCUT2D eigenvalue weighted by Gasteiger charge is -2.29. The highest BCUT2D eigenvalue weighted by molar-refractivity contribution is 6.11. The summed E-state index contributed by atoms with van der Waals surface area (Å²) < 4.78 is 1.69. The minimum Gasteiger partial charge on any atom is -0.478 e. The number of carbonyl (C=O) groups is 1. The van der Waals surface area contributed by atoms with Crippen molar-refractivity contribution in [1.29, 1.82) is 0 Å². The van der Waals surface area contributed by atoms with E-state index >= 15 is 0 Å². The highest BCUT2D eigenvalue weighted by atomic mass is 16.4. The number of imidazole rings is 1. The van der Waals surface area contributed by atoms with Crippen LogP contribution < -0.4 is 5.69 Å². The highest BCUT2D eigenvalue weighted by Crippen LogP contribution is 2.35. The van der Waals surface area contributed by atoms with Gasteiger partial charge >= 0.3 is 11.7 Å². The molecule has 2 unspecified atom stereocenters. The molecule has 120 valence electrons. The molecule has 0 saturated heterocycles. The van der Waals surface area contributed by atoms with Crippen LogP contribution in [0.25, 0.3) is 22.2 Å². The Bertz CT molecular complexity index is 967. The SMILES string of the molecule is CC1CCCCC1n1c(=O)[nH]c2nnc3[nH]cc(C(=O)O)c3c21. The van der Waals surface area contributed by atoms with Gasteiger partial charge in [-0.15, -0.1) is 10.2 Å². The summed E-state index contributed by atoms with van der Waals surface area (Å²) in [6, 6.07) is 0.0499. The molecule has 0 aliphatic heterocycles. The molecule has 3 aromatic rings. The summed E-state index contributed by atoms with van der Waals surface area (Å²) in [5.74, 6) is -0.696. The molecule has 0 amide bonds. The molecule has 3 N–H and O–H groups in total. The number of aromatic carboxylic acids is 1. The van der Waals surface area contributed by atoms with Crippen molar-refractivity contribution in [2.45, 2.75) is 38.6 Å². The highest BCUT2D eigenvalue weighted by Gasteiger charge is 2.28. The molecule has 3 aromatic heterocycles. The van der Waals surface area contributed by atoms with E-state index in [1.165, 1.54) is 6.20 Å². The van der Waals surface area contributed by atoms with Gasteiger partial charge in [0.25, 0.3) is 0 Å². The zero-order chi connectivity index (χ0) is 16.1. The van der Waals surface area contributed by atoms with E-state index in [2.05, 4.69) is 27.1 Å². The molecular weight excluding hydrogens is 298 g/mol. The van der Waals surface area contributed by atoms with Crippen LogP contribution in [0.15, 0.2) is 11.0 Å². The molecule has 8 nitrogen and oxygen atoms in total. The van der Waals surface area contributed by atoms with E-state index in [9.17, 15) is 14.7 Å². The third-order valence-corrected chi connectivity index (χ3v) is 4.88. The molecule has 23 heavy (non-hydrogen) atoms. The van der Waals surface area contributed by atoms with E-state index in [1.807, 2.05) is 0 Å². The van der Waals surface area contributed by atoms with Gasteiger partial charge in [-0.2, -0.15) is 0 Å². The number of aromatic nitrogens is 5. The zero-order valence-corrected chi connectivity index (χ0v) is 12.7. The van der Waals surface area contributed by atoms with E-state index in [-0.39, 0.29) is 17.3 Å². The standard InChI is InChI=1S/C15H17N5O3/c1-7-4-2-3-5-9(7)20-11-10-8(14(21)22)6-16-12(10)18-19-13(11)17-15(20)23/h6-7,9H,2-5H2,1H3,(H,16,18)(H,21,22)(H,17,19,23). The summed E-state index contributed by atoms with van der Waals surface area (Å²) in [4.78, 5) is 29.6. The molecule has 4 rings (SSSR count). The Balaban J connectivity index is 2.09. The molecule has 1 aliphatic carbocycles. The molecule has 1 fully saturated rings. The third-order valence-electron chi connectivity index (χ3n) is 4.88. The minimum absolute atomic E-state index is 0.0499. The van der Waals surface area contributed by atoms with Gasteiger partial charge in [0.1, 0.15) is 5.52 Å². The fourth-order valence-electron chi connectivity index (χ4n) is 3.74. The monoisotopic (exact) mass is 315 g/mol. The van der Waals surface area contributed by atoms with Crippen LogP contribution in [0.5, 0.6) is 0 Å². The molecule has 0 bridgehead atoms. The third kappa shape index (κ3) is 1.97. The largest absolute Gasteiger partial charge is 0.478 e. The number of fused-ring (bicyclic) bond motifs is 3. The topological polar surface area (TPSA) is 117 Å². The average Bonchev–Trinajstić information content (AvgIpc) is 3.08. The van der Waals surface area contributed by atoms with Crippen molar-refractivity contribution in [3.05, 3.63) is 22.2 Å². The molecule has 0 aromatic carbocycles. The number of carboxylic acid groups (broad SMARTS) is 1. The lowest BCUT2D eigenvalue weighted by atomic mass is 9.85. The van der Waals surface area contributed by atoms with Gasteiger partial charge in [0.05, 0.1) is 10.9 Å². The molecule has 1 saturated carbocycles. The van der Waals surface area contributed by atoms with Crippen molar-refractivity contribution in [3.63, 3.8) is 0 Å². The number of H-pyrrole nitrogens is 2. The number of nitrogens with one attached hydrogen (secondary N) is 2. The summed E-state index contributed by atoms with van der Waals surface area (Å²) in [5, 5.41) is 17.9. The first-order valence-corrected chi connectivity index (χ1v) is 7.79. The molecule has 8 heteroatoms. The van der Waals surface area contributed by atoms with Crippen molar-refractivity contribution in [2.24, 2.45) is 5.92 Å². The number of nitrogens with zero attached hydrogens (tertiary/aromatic N) is 3. The maximum absolute atomic E-state index is 12.5. The van der Waals surface area contributed by atoms with Crippen LogP contribution in [0.3, 0.4) is 0 Å². The Morgan fingerprint density at radius 3 is 2.78 bits per heavy atom. The quantitative estimate of drug-likeness (QED) is 0.669. The van der Waals surface area contributed by atoms with Crippen LogP contribution in [-0.2, 0) is 0 Å². The Hall–Kier alpha value is -2.64. The molecular formula is C15H17N5O3. The van der Waals surface area contributed by atoms with Crippen LogP contribution in [-0.4, -0.2) is 35.8 Å². The second-order valence-corrected chi connectivity index (χ2v) is 6.26. The van der Waals surface area contributed by atoms with E-state index in [1.54, 1.807) is 4.57 Å². The average molecular weight is 315 g/mol. The first-order valence-electron chi connectivity index (χ1n) is 7.79. The van der Waals surface area contributed by atoms with Gasteiger partial charge < -0.3 is 10.1 Å². The van der Waals surface area contributed by atoms with Gasteiger partial charge in [-0.3, -0.25) is 9.55 Å². The zero-order valence-electron chi connectivity index (χ0n) is 12.7. The number of aromatic amines is 2. The summed E-state index contributed by atoms with van der Waals surface area (Å²) in [6.07, 6.45) is 5.59. The molecule has 2 atom stereocenters. The maximum Gasteiger partial charge on any atom is 0.338 e. The lowest BCUT2D eigenvalue weighted by Crippen LogP contribution is -2.29. The van der Waals surface area contributed by atoms with Crippen LogP contribution in [0.4, 0.5) is 0 Å². The summed E-state index contributed by atoms with van der Waals surface area (Å²) >= 11 is 0. The lowest BCUT2D eigenvalue weighted by molar-refractivity contribution is 0.0699. The van der Waals surface area contributed by atoms with Gasteiger partial charge in [-0.05, 0) is 18.8 Å². The minimum atomic E-state index is -1.05. The number of carboxylic acids is 1. The Labute approximate surface area is 130 Å². The van der Waals surface area contributed by atoms with Gasteiger partial charge in [0.2, 0.25) is 0 Å². The van der Waals surface area contributed by atoms with Crippen molar-refractivity contribution in [1.82, 2.24) is 24.7 Å². The predicted octanol–water partition coefficient (Wildman–Crippen LogP) is 2.05. The summed E-state index contributed by atoms with van der Waals surface area (Å²) in [7, 11) is 0. The van der Waals surface area contributed by atoms with Crippen molar-refractivity contribution < 1.29 is 9.90 Å². The van der Waals surface area contributed by atoms with Gasteiger partial charge in [0, 0.05) is 12.2 Å². The Kier molecular flexibility index (Phi) is 3.00. The van der Waals surface area contributed by atoms with Crippen molar-refractivity contribution in [2.75, 3.05) is 0 Å². The van der Waals surface area contributed by atoms with Gasteiger partial charge in [0.15, 0.2) is 11.3 Å². The first kappa shape index (κ1) is 14.0. The van der Waals surface area contributed by atoms with Gasteiger partial charge in [-0.25, -0.2) is 9.59 Å². The van der Waals surface area contributed by atoms with Crippen LogP contribution in [0.2, 0.25) is 0 Å². The fourth-order valence-corrected chi connectivity index (χ4v) is 3.74. The molecule has 1 aliphatic rings. The van der Waals surface area contributed by atoms with Crippen LogP contribution >= 0.6 is 0 Å². The molecule has 0 spiro atoms. The van der Waals surface area contributed by atoms with E-state index in [0.29, 0.717) is 28.1 Å². The number of hydrogen-bond acceptors (Lipinski definition) is 4. The molecule has 0 radical (unpaired) electrons. The normalized spacial score (nSPS) is 22.0. The van der Waals surface area contributed by atoms with Crippen LogP contribution in [0, 0.1) is 5.92 Å². The maximum atomic E-state index is 12.5. The summed E-state index contributed by atoms with van der Waals surface area (Å²) in [6.45, 7) is 2.14. The second-order valence-electron chi connectivity index (χ2n) is 6.26. The van der Waals surface area contributed by atoms with Gasteiger partial charge in [-0.1, -0.05) is 19.8 Å². The number of hydrogen-bond donors (Lipinski definition) is 3. The smallest absolute Gasteiger partial charge is 0.338 e. The number of rotatable bonds is 2. The summed E-state index contributed by atoms with van der Waals surface area (Å²) in [5.41, 5.74) is 1.11. The van der Waals surface area contributed by atoms with E-state index in [4.69, 9.17) is 0 Å². The van der Waals surface area contributed by atoms with Crippen molar-refractivity contribution in [3.8, 4) is 0 Å². The predicted molar refractivity (Wildman–Crippen MR) is 83.6 cm³/mol. The molecule has 3 heterocycles.